The number of aromatic nitrogens is 4. The molecular formula is C13H19N5. The van der Waals surface area contributed by atoms with Crippen LogP contribution < -0.4 is 5.32 Å². The number of anilines is 1. The van der Waals surface area contributed by atoms with Crippen LogP contribution in [0.25, 0.3) is 5.69 Å². The highest BCUT2D eigenvalue weighted by molar-refractivity contribution is 5.57. The average molecular weight is 245 g/mol. The minimum absolute atomic E-state index is 0.507. The van der Waals surface area contributed by atoms with Crippen LogP contribution in [0.2, 0.25) is 0 Å². The number of hydrogen-bond acceptors (Lipinski definition) is 4. The van der Waals surface area contributed by atoms with Crippen LogP contribution in [0.4, 0.5) is 5.69 Å². The summed E-state index contributed by atoms with van der Waals surface area (Å²) in [5.41, 5.74) is 3.36. The van der Waals surface area contributed by atoms with Crippen LogP contribution in [0.5, 0.6) is 0 Å². The van der Waals surface area contributed by atoms with E-state index >= 15 is 0 Å². The molecule has 2 aromatic rings. The van der Waals surface area contributed by atoms with Gasteiger partial charge < -0.3 is 5.32 Å². The van der Waals surface area contributed by atoms with E-state index in [-0.39, 0.29) is 0 Å². The number of rotatable bonds is 5. The quantitative estimate of drug-likeness (QED) is 0.879. The van der Waals surface area contributed by atoms with Gasteiger partial charge in [-0.2, -0.15) is 0 Å². The molecule has 1 heterocycles. The van der Waals surface area contributed by atoms with Gasteiger partial charge >= 0.3 is 0 Å². The zero-order valence-electron chi connectivity index (χ0n) is 11.1. The van der Waals surface area contributed by atoms with E-state index in [1.54, 1.807) is 11.0 Å². The van der Waals surface area contributed by atoms with Gasteiger partial charge in [0.2, 0.25) is 0 Å². The van der Waals surface area contributed by atoms with Crippen molar-refractivity contribution in [2.24, 2.45) is 0 Å². The van der Waals surface area contributed by atoms with Gasteiger partial charge in [-0.25, -0.2) is 4.68 Å². The van der Waals surface area contributed by atoms with Gasteiger partial charge in [-0.1, -0.05) is 19.9 Å². The molecule has 0 radical (unpaired) electrons. The number of nitrogens with zero attached hydrogens (tertiary/aromatic N) is 4. The second-order valence-electron chi connectivity index (χ2n) is 4.41. The predicted octanol–water partition coefficient (Wildman–Crippen LogP) is 2.57. The minimum Gasteiger partial charge on any atom is -0.382 e. The van der Waals surface area contributed by atoms with Gasteiger partial charge in [-0.3, -0.25) is 0 Å². The molecule has 96 valence electrons. The van der Waals surface area contributed by atoms with E-state index in [0.29, 0.717) is 6.04 Å². The lowest BCUT2D eigenvalue weighted by molar-refractivity contribution is 0.671. The molecule has 18 heavy (non-hydrogen) atoms. The summed E-state index contributed by atoms with van der Waals surface area (Å²) in [4.78, 5) is 0. The number of aryl methyl sites for hydroxylation is 1. The standard InChI is InChI=1S/C13H19N5/c1-4-11(5-2)15-13-8-12(7-6-10(13)3)18-9-14-16-17-18/h6-9,11,15H,4-5H2,1-3H3. The first-order chi connectivity index (χ1) is 8.74. The lowest BCUT2D eigenvalue weighted by Gasteiger charge is -2.18. The van der Waals surface area contributed by atoms with E-state index in [1.165, 1.54) is 5.56 Å². The summed E-state index contributed by atoms with van der Waals surface area (Å²) < 4.78 is 1.66. The highest BCUT2D eigenvalue weighted by atomic mass is 15.5. The molecule has 0 fully saturated rings. The smallest absolute Gasteiger partial charge is 0.143 e. The zero-order valence-corrected chi connectivity index (χ0v) is 11.1. The molecule has 0 spiro atoms. The summed E-state index contributed by atoms with van der Waals surface area (Å²) in [5, 5.41) is 14.8. The van der Waals surface area contributed by atoms with Crippen molar-refractivity contribution in [3.05, 3.63) is 30.1 Å². The van der Waals surface area contributed by atoms with Gasteiger partial charge in [0.15, 0.2) is 0 Å². The van der Waals surface area contributed by atoms with E-state index in [9.17, 15) is 0 Å². The van der Waals surface area contributed by atoms with Gasteiger partial charge in [0.05, 0.1) is 5.69 Å². The van der Waals surface area contributed by atoms with Gasteiger partial charge in [0, 0.05) is 11.7 Å². The Balaban J connectivity index is 2.27. The third-order valence-electron chi connectivity index (χ3n) is 3.18. The first kappa shape index (κ1) is 12.5. The number of nitrogens with one attached hydrogen (secondary N) is 1. The molecule has 0 aliphatic heterocycles. The maximum absolute atomic E-state index is 3.90. The molecule has 0 atom stereocenters. The van der Waals surface area contributed by atoms with Crippen LogP contribution >= 0.6 is 0 Å². The topological polar surface area (TPSA) is 55.6 Å². The van der Waals surface area contributed by atoms with Gasteiger partial charge in [0.1, 0.15) is 6.33 Å². The van der Waals surface area contributed by atoms with E-state index in [0.717, 1.165) is 24.2 Å². The van der Waals surface area contributed by atoms with Crippen molar-refractivity contribution in [3.63, 3.8) is 0 Å². The van der Waals surface area contributed by atoms with Crippen molar-refractivity contribution < 1.29 is 0 Å². The Bertz CT molecular complexity index is 488. The van der Waals surface area contributed by atoms with Gasteiger partial charge in [0.25, 0.3) is 0 Å². The van der Waals surface area contributed by atoms with Crippen LogP contribution in [0.3, 0.4) is 0 Å². The summed E-state index contributed by atoms with van der Waals surface area (Å²) >= 11 is 0. The summed E-state index contributed by atoms with van der Waals surface area (Å²) in [6.07, 6.45) is 3.83. The second kappa shape index (κ2) is 5.62. The first-order valence-electron chi connectivity index (χ1n) is 6.35. The molecule has 0 amide bonds. The Morgan fingerprint density at radius 1 is 1.28 bits per heavy atom. The van der Waals surface area contributed by atoms with Crippen LogP contribution in [0.1, 0.15) is 32.3 Å². The Labute approximate surface area is 107 Å². The molecule has 1 aromatic carbocycles. The second-order valence-corrected chi connectivity index (χ2v) is 4.41. The lowest BCUT2D eigenvalue weighted by atomic mass is 10.1. The Hall–Kier alpha value is -1.91. The summed E-state index contributed by atoms with van der Waals surface area (Å²) in [6.45, 7) is 6.50. The Kier molecular flexibility index (Phi) is 3.92. The molecule has 1 N–H and O–H groups in total. The van der Waals surface area contributed by atoms with Crippen molar-refractivity contribution in [2.45, 2.75) is 39.7 Å². The molecule has 0 unspecified atom stereocenters. The maximum atomic E-state index is 3.90. The first-order valence-corrected chi connectivity index (χ1v) is 6.35. The minimum atomic E-state index is 0.507. The van der Waals surface area contributed by atoms with Crippen LogP contribution in [0, 0.1) is 6.92 Å². The van der Waals surface area contributed by atoms with Crippen molar-refractivity contribution in [3.8, 4) is 5.69 Å². The van der Waals surface area contributed by atoms with Gasteiger partial charge in [-0.05, 0) is 47.9 Å². The van der Waals surface area contributed by atoms with E-state index in [2.05, 4.69) is 53.7 Å². The van der Waals surface area contributed by atoms with Crippen LogP contribution in [0.15, 0.2) is 24.5 Å². The van der Waals surface area contributed by atoms with Crippen LogP contribution in [-0.4, -0.2) is 26.2 Å². The highest BCUT2D eigenvalue weighted by Gasteiger charge is 2.07. The van der Waals surface area contributed by atoms with Crippen molar-refractivity contribution in [1.29, 1.82) is 0 Å². The van der Waals surface area contributed by atoms with E-state index in [1.807, 2.05) is 6.07 Å². The van der Waals surface area contributed by atoms with Crippen LogP contribution in [-0.2, 0) is 0 Å². The average Bonchev–Trinajstić information content (AvgIpc) is 2.91. The fraction of sp³-hybridized carbons (Fsp3) is 0.462. The Morgan fingerprint density at radius 3 is 2.67 bits per heavy atom. The molecule has 0 aliphatic carbocycles. The summed E-state index contributed by atoms with van der Waals surface area (Å²) in [6, 6.07) is 6.70. The molecule has 5 heteroatoms. The SMILES string of the molecule is CCC(CC)Nc1cc(-n2cnnn2)ccc1C. The zero-order chi connectivity index (χ0) is 13.0. The fourth-order valence-corrected chi connectivity index (χ4v) is 1.90. The predicted molar refractivity (Wildman–Crippen MR) is 71.9 cm³/mol. The number of hydrogen-bond donors (Lipinski definition) is 1. The molecule has 0 bridgehead atoms. The number of benzene rings is 1. The van der Waals surface area contributed by atoms with Crippen molar-refractivity contribution in [1.82, 2.24) is 20.2 Å². The van der Waals surface area contributed by atoms with Crippen molar-refractivity contribution in [2.75, 3.05) is 5.32 Å². The Morgan fingerprint density at radius 2 is 2.06 bits per heavy atom. The molecular weight excluding hydrogens is 226 g/mol. The lowest BCUT2D eigenvalue weighted by Crippen LogP contribution is -2.17. The van der Waals surface area contributed by atoms with Gasteiger partial charge in [-0.15, -0.1) is 5.10 Å². The molecule has 0 saturated heterocycles. The largest absolute Gasteiger partial charge is 0.382 e. The number of tetrazole rings is 1. The maximum Gasteiger partial charge on any atom is 0.143 e. The molecule has 0 aliphatic rings. The molecule has 0 saturated carbocycles. The summed E-state index contributed by atoms with van der Waals surface area (Å²) in [5.74, 6) is 0. The van der Waals surface area contributed by atoms with Crippen molar-refractivity contribution >= 4 is 5.69 Å². The highest BCUT2D eigenvalue weighted by Crippen LogP contribution is 2.20. The van der Waals surface area contributed by atoms with E-state index in [4.69, 9.17) is 0 Å². The monoisotopic (exact) mass is 245 g/mol. The normalized spacial score (nSPS) is 10.9. The van der Waals surface area contributed by atoms with E-state index < -0.39 is 0 Å². The third-order valence-corrected chi connectivity index (χ3v) is 3.18. The molecule has 2 rings (SSSR count). The third kappa shape index (κ3) is 2.67. The summed E-state index contributed by atoms with van der Waals surface area (Å²) in [7, 11) is 0. The molecule has 5 nitrogen and oxygen atoms in total. The molecule has 1 aromatic heterocycles. The fourth-order valence-electron chi connectivity index (χ4n) is 1.90.